The third-order valence-electron chi connectivity index (χ3n) is 1.70. The second-order valence-corrected chi connectivity index (χ2v) is 3.16. The number of benzene rings is 1. The third kappa shape index (κ3) is 3.31. The van der Waals surface area contributed by atoms with Crippen molar-refractivity contribution in [1.29, 1.82) is 0 Å². The first-order valence-electron chi connectivity index (χ1n) is 4.33. The van der Waals surface area contributed by atoms with Crippen LogP contribution < -0.4 is 5.32 Å². The Kier molecular flexibility index (Phi) is 3.29. The number of rotatable bonds is 3. The van der Waals surface area contributed by atoms with Gasteiger partial charge in [-0.15, -0.1) is 0 Å². The molecule has 0 aromatic heterocycles. The topological polar surface area (TPSA) is 49.3 Å². The molecule has 3 nitrogen and oxygen atoms in total. The molecule has 0 unspecified atom stereocenters. The van der Waals surface area contributed by atoms with E-state index in [1.54, 1.807) is 6.92 Å². The summed E-state index contributed by atoms with van der Waals surface area (Å²) in [5, 5.41) is 11.5. The van der Waals surface area contributed by atoms with Gasteiger partial charge in [-0.05, 0) is 31.5 Å². The zero-order valence-corrected chi connectivity index (χ0v) is 8.24. The summed E-state index contributed by atoms with van der Waals surface area (Å²) in [5.41, 5.74) is 2.65. The quantitative estimate of drug-likeness (QED) is 0.721. The van der Waals surface area contributed by atoms with E-state index in [2.05, 4.69) is 5.32 Å². The molecule has 0 atom stereocenters. The maximum Gasteiger partial charge on any atom is 0.330 e. The van der Waals surface area contributed by atoms with E-state index < -0.39 is 5.97 Å². The minimum atomic E-state index is -0.942. The summed E-state index contributed by atoms with van der Waals surface area (Å²) in [6.45, 7) is 3.71. The lowest BCUT2D eigenvalue weighted by Crippen LogP contribution is -1.99. The van der Waals surface area contributed by atoms with Gasteiger partial charge in [-0.3, -0.25) is 0 Å². The Labute approximate surface area is 83.1 Å². The summed E-state index contributed by atoms with van der Waals surface area (Å²) in [6.07, 6.45) is 1.14. The van der Waals surface area contributed by atoms with E-state index in [1.165, 1.54) is 0 Å². The fraction of sp³-hybridized carbons (Fsp3) is 0.182. The smallest absolute Gasteiger partial charge is 0.330 e. The van der Waals surface area contributed by atoms with Gasteiger partial charge in [0.05, 0.1) is 0 Å². The average Bonchev–Trinajstić information content (AvgIpc) is 2.01. The first-order valence-corrected chi connectivity index (χ1v) is 4.33. The molecule has 74 valence electrons. The number of hydrogen-bond donors (Lipinski definition) is 2. The zero-order valence-electron chi connectivity index (χ0n) is 8.24. The summed E-state index contributed by atoms with van der Waals surface area (Å²) in [6, 6.07) is 7.76. The number of aryl methyl sites for hydroxylation is 1. The Bertz CT molecular complexity index is 369. The van der Waals surface area contributed by atoms with Crippen LogP contribution in [0.3, 0.4) is 0 Å². The highest BCUT2D eigenvalue weighted by Crippen LogP contribution is 2.11. The van der Waals surface area contributed by atoms with Gasteiger partial charge in [0, 0.05) is 17.5 Å². The Morgan fingerprint density at radius 2 is 2.21 bits per heavy atom. The SMILES string of the molecule is C/C(=C\C(=O)O)Nc1cccc(C)c1. The van der Waals surface area contributed by atoms with E-state index >= 15 is 0 Å². The predicted molar refractivity (Wildman–Crippen MR) is 56.2 cm³/mol. The molecule has 0 aliphatic carbocycles. The van der Waals surface area contributed by atoms with Gasteiger partial charge in [-0.2, -0.15) is 0 Å². The first-order chi connectivity index (χ1) is 6.58. The molecular weight excluding hydrogens is 178 g/mol. The number of hydrogen-bond acceptors (Lipinski definition) is 2. The largest absolute Gasteiger partial charge is 0.478 e. The van der Waals surface area contributed by atoms with Crippen molar-refractivity contribution in [2.24, 2.45) is 0 Å². The number of nitrogens with one attached hydrogen (secondary N) is 1. The van der Waals surface area contributed by atoms with Gasteiger partial charge in [-0.25, -0.2) is 4.79 Å². The summed E-state index contributed by atoms with van der Waals surface area (Å²) in [5.74, 6) is -0.942. The lowest BCUT2D eigenvalue weighted by molar-refractivity contribution is -0.131. The molecule has 0 bridgehead atoms. The molecule has 0 heterocycles. The van der Waals surface area contributed by atoms with Gasteiger partial charge in [0.25, 0.3) is 0 Å². The second-order valence-electron chi connectivity index (χ2n) is 3.16. The highest BCUT2D eigenvalue weighted by atomic mass is 16.4. The molecule has 0 radical (unpaired) electrons. The molecule has 0 aliphatic rings. The van der Waals surface area contributed by atoms with Crippen molar-refractivity contribution in [3.63, 3.8) is 0 Å². The fourth-order valence-electron chi connectivity index (χ4n) is 1.17. The van der Waals surface area contributed by atoms with Crippen LogP contribution in [0.5, 0.6) is 0 Å². The summed E-state index contributed by atoms with van der Waals surface area (Å²) < 4.78 is 0. The number of carboxylic acid groups (broad SMARTS) is 1. The van der Waals surface area contributed by atoms with Gasteiger partial charge in [0.2, 0.25) is 0 Å². The van der Waals surface area contributed by atoms with Crippen molar-refractivity contribution < 1.29 is 9.90 Å². The van der Waals surface area contributed by atoms with Gasteiger partial charge < -0.3 is 10.4 Å². The Hall–Kier alpha value is -1.77. The summed E-state index contributed by atoms with van der Waals surface area (Å²) in [7, 11) is 0. The third-order valence-corrected chi connectivity index (χ3v) is 1.70. The van der Waals surface area contributed by atoms with Crippen molar-refractivity contribution in [3.05, 3.63) is 41.6 Å². The molecule has 0 spiro atoms. The average molecular weight is 191 g/mol. The number of carboxylic acids is 1. The van der Waals surface area contributed by atoms with Gasteiger partial charge in [-0.1, -0.05) is 12.1 Å². The highest BCUT2D eigenvalue weighted by molar-refractivity contribution is 5.81. The molecule has 0 fully saturated rings. The fourth-order valence-corrected chi connectivity index (χ4v) is 1.17. The predicted octanol–water partition coefficient (Wildman–Crippen LogP) is 2.40. The summed E-state index contributed by atoms with van der Waals surface area (Å²) in [4.78, 5) is 10.4. The Morgan fingerprint density at radius 3 is 2.79 bits per heavy atom. The number of allylic oxidation sites excluding steroid dienone is 1. The van der Waals surface area contributed by atoms with Crippen LogP contribution in [0, 0.1) is 6.92 Å². The van der Waals surface area contributed by atoms with Crippen LogP contribution in [0.4, 0.5) is 5.69 Å². The maximum atomic E-state index is 10.4. The molecule has 14 heavy (non-hydrogen) atoms. The molecule has 1 aromatic rings. The van der Waals surface area contributed by atoms with E-state index in [1.807, 2.05) is 31.2 Å². The molecule has 3 heteroatoms. The standard InChI is InChI=1S/C11H13NO2/c1-8-4-3-5-10(6-8)12-9(2)7-11(13)14/h3-7,12H,1-2H3,(H,13,14)/b9-7+. The van der Waals surface area contributed by atoms with E-state index in [0.29, 0.717) is 5.70 Å². The Balaban J connectivity index is 2.74. The van der Waals surface area contributed by atoms with E-state index in [-0.39, 0.29) is 0 Å². The van der Waals surface area contributed by atoms with Gasteiger partial charge in [0.1, 0.15) is 0 Å². The molecule has 2 N–H and O–H groups in total. The monoisotopic (exact) mass is 191 g/mol. The molecule has 1 aromatic carbocycles. The molecule has 0 aliphatic heterocycles. The Morgan fingerprint density at radius 1 is 1.50 bits per heavy atom. The van der Waals surface area contributed by atoms with Crippen molar-refractivity contribution in [2.75, 3.05) is 5.32 Å². The van der Waals surface area contributed by atoms with Crippen molar-refractivity contribution in [2.45, 2.75) is 13.8 Å². The van der Waals surface area contributed by atoms with Crippen LogP contribution >= 0.6 is 0 Å². The number of aliphatic carboxylic acids is 1. The van der Waals surface area contributed by atoms with Crippen LogP contribution in [0.1, 0.15) is 12.5 Å². The van der Waals surface area contributed by atoms with E-state index in [9.17, 15) is 4.79 Å². The van der Waals surface area contributed by atoms with Crippen molar-refractivity contribution in [1.82, 2.24) is 0 Å². The van der Waals surface area contributed by atoms with Crippen LogP contribution in [0.25, 0.3) is 0 Å². The minimum Gasteiger partial charge on any atom is -0.478 e. The van der Waals surface area contributed by atoms with E-state index in [0.717, 1.165) is 17.3 Å². The van der Waals surface area contributed by atoms with E-state index in [4.69, 9.17) is 5.11 Å². The lowest BCUT2D eigenvalue weighted by atomic mass is 10.2. The van der Waals surface area contributed by atoms with Crippen LogP contribution in [-0.4, -0.2) is 11.1 Å². The van der Waals surface area contributed by atoms with Crippen LogP contribution in [-0.2, 0) is 4.79 Å². The van der Waals surface area contributed by atoms with Crippen LogP contribution in [0.2, 0.25) is 0 Å². The van der Waals surface area contributed by atoms with Gasteiger partial charge >= 0.3 is 5.97 Å². The van der Waals surface area contributed by atoms with Crippen LogP contribution in [0.15, 0.2) is 36.0 Å². The first kappa shape index (κ1) is 10.3. The molecule has 0 saturated carbocycles. The normalized spacial score (nSPS) is 11.1. The second kappa shape index (κ2) is 4.46. The minimum absolute atomic E-state index is 0.614. The molecule has 1 rings (SSSR count). The summed E-state index contributed by atoms with van der Waals surface area (Å²) >= 11 is 0. The van der Waals surface area contributed by atoms with Gasteiger partial charge in [0.15, 0.2) is 0 Å². The lowest BCUT2D eigenvalue weighted by Gasteiger charge is -2.05. The molecule has 0 saturated heterocycles. The van der Waals surface area contributed by atoms with Crippen molar-refractivity contribution >= 4 is 11.7 Å². The zero-order chi connectivity index (χ0) is 10.6. The maximum absolute atomic E-state index is 10.4. The highest BCUT2D eigenvalue weighted by Gasteiger charge is 1.95. The number of anilines is 1. The van der Waals surface area contributed by atoms with Crippen molar-refractivity contribution in [3.8, 4) is 0 Å². The molecular formula is C11H13NO2. The molecule has 0 amide bonds. The number of carbonyl (C=O) groups is 1.